The zero-order valence-corrected chi connectivity index (χ0v) is 57.1. The standard InChI is InChI=1S/C77H134NO8P/c1-3-5-7-9-11-13-15-17-19-21-23-25-27-29-31-33-34-35-36-37-38-39-40-42-44-46-48-50-52-54-56-58-60-62-64-66-68-70-77(80)86-75(74-85-87(81,82)84-72-71-78)73-83-76(79)69-67-65-63-61-59-57-55-53-51-49-47-45-43-41-32-30-28-26-24-22-20-18-16-14-12-10-8-6-4-2/h5,7,11,13,16-19,22-25,29,31,34-35,37-38,40,42,75H,3-4,6,8-10,12,14-15,20-21,26-28,30,32-33,36,39,41,43-74,78H2,1-2H3,(H,81,82)/b7-5-,13-11-,18-16-,19-17-,24-22-,25-23-,31-29-,35-34-,38-37-,42-40-. The number of allylic oxidation sites excluding steroid dienone is 20. The molecule has 0 aromatic rings. The molecule has 0 aliphatic heterocycles. The van der Waals surface area contributed by atoms with Crippen LogP contribution in [0.15, 0.2) is 122 Å². The van der Waals surface area contributed by atoms with Gasteiger partial charge >= 0.3 is 19.8 Å². The van der Waals surface area contributed by atoms with Crippen molar-refractivity contribution in [1.82, 2.24) is 0 Å². The third kappa shape index (κ3) is 71.4. The number of phosphoric acid groups is 1. The largest absolute Gasteiger partial charge is 0.472 e. The summed E-state index contributed by atoms with van der Waals surface area (Å²) in [7, 11) is -4.40. The van der Waals surface area contributed by atoms with Crippen LogP contribution in [0.3, 0.4) is 0 Å². The van der Waals surface area contributed by atoms with Gasteiger partial charge < -0.3 is 20.1 Å². The lowest BCUT2D eigenvalue weighted by Crippen LogP contribution is -2.29. The third-order valence-corrected chi connectivity index (χ3v) is 16.3. The van der Waals surface area contributed by atoms with Crippen LogP contribution in [0.5, 0.6) is 0 Å². The summed E-state index contributed by atoms with van der Waals surface area (Å²) in [6, 6.07) is 0. The molecule has 0 saturated carbocycles. The van der Waals surface area contributed by atoms with Gasteiger partial charge in [0.2, 0.25) is 0 Å². The molecule has 0 amide bonds. The Morgan fingerprint density at radius 2 is 0.632 bits per heavy atom. The third-order valence-electron chi connectivity index (χ3n) is 15.3. The topological polar surface area (TPSA) is 134 Å². The maximum atomic E-state index is 12.8. The van der Waals surface area contributed by atoms with Crippen LogP contribution in [0, 0.1) is 0 Å². The second kappa shape index (κ2) is 71.5. The number of carbonyl (C=O) groups is 2. The number of unbranched alkanes of at least 4 members (excludes halogenated alkanes) is 34. The zero-order chi connectivity index (χ0) is 63.0. The van der Waals surface area contributed by atoms with Gasteiger partial charge in [0.1, 0.15) is 6.61 Å². The van der Waals surface area contributed by atoms with Crippen LogP contribution >= 0.6 is 7.82 Å². The van der Waals surface area contributed by atoms with Crippen molar-refractivity contribution >= 4 is 19.8 Å². The number of hydrogen-bond donors (Lipinski definition) is 2. The maximum absolute atomic E-state index is 12.8. The molecule has 9 nitrogen and oxygen atoms in total. The molecule has 2 atom stereocenters. The van der Waals surface area contributed by atoms with Gasteiger partial charge in [-0.1, -0.05) is 322 Å². The molecular weight excluding hydrogens is 1100 g/mol. The van der Waals surface area contributed by atoms with E-state index >= 15 is 0 Å². The molecule has 2 unspecified atom stereocenters. The number of phosphoric ester groups is 1. The summed E-state index contributed by atoms with van der Waals surface area (Å²) in [5.41, 5.74) is 5.41. The van der Waals surface area contributed by atoms with E-state index < -0.39 is 26.5 Å². The van der Waals surface area contributed by atoms with Crippen molar-refractivity contribution in [2.45, 2.75) is 328 Å². The summed E-state index contributed by atoms with van der Waals surface area (Å²) in [6.45, 7) is 3.65. The zero-order valence-electron chi connectivity index (χ0n) is 56.2. The van der Waals surface area contributed by atoms with Crippen LogP contribution in [0.1, 0.15) is 322 Å². The molecule has 0 heterocycles. The fraction of sp³-hybridized carbons (Fsp3) is 0.714. The molecule has 500 valence electrons. The van der Waals surface area contributed by atoms with Crippen LogP contribution in [-0.4, -0.2) is 49.3 Å². The molecule has 3 N–H and O–H groups in total. The summed E-state index contributed by atoms with van der Waals surface area (Å²) < 4.78 is 33.2. The van der Waals surface area contributed by atoms with E-state index in [-0.39, 0.29) is 38.6 Å². The Balaban J connectivity index is 3.90. The van der Waals surface area contributed by atoms with Gasteiger partial charge in [-0.3, -0.25) is 18.6 Å². The van der Waals surface area contributed by atoms with Gasteiger partial charge in [0.25, 0.3) is 0 Å². The van der Waals surface area contributed by atoms with E-state index in [4.69, 9.17) is 24.3 Å². The minimum Gasteiger partial charge on any atom is -0.462 e. The lowest BCUT2D eigenvalue weighted by Gasteiger charge is -2.19. The Hall–Kier alpha value is -3.59. The summed E-state index contributed by atoms with van der Waals surface area (Å²) in [4.78, 5) is 35.4. The fourth-order valence-electron chi connectivity index (χ4n) is 10.0. The lowest BCUT2D eigenvalue weighted by atomic mass is 10.0. The second-order valence-electron chi connectivity index (χ2n) is 23.7. The Morgan fingerprint density at radius 1 is 0.356 bits per heavy atom. The Morgan fingerprint density at radius 3 is 0.943 bits per heavy atom. The Bertz CT molecular complexity index is 1840. The van der Waals surface area contributed by atoms with Crippen LogP contribution in [0.2, 0.25) is 0 Å². The quantitative estimate of drug-likeness (QED) is 0.0264. The highest BCUT2D eigenvalue weighted by Gasteiger charge is 2.26. The number of rotatable bonds is 67. The Labute approximate surface area is 536 Å². The van der Waals surface area contributed by atoms with Crippen LogP contribution in [0.4, 0.5) is 0 Å². The van der Waals surface area contributed by atoms with Gasteiger partial charge in [0.15, 0.2) is 6.10 Å². The molecule has 0 aliphatic carbocycles. The first-order valence-electron chi connectivity index (χ1n) is 36.0. The maximum Gasteiger partial charge on any atom is 0.472 e. The van der Waals surface area contributed by atoms with E-state index in [1.807, 2.05) is 0 Å². The van der Waals surface area contributed by atoms with Crippen molar-refractivity contribution in [3.05, 3.63) is 122 Å². The molecule has 0 aliphatic rings. The van der Waals surface area contributed by atoms with E-state index in [1.54, 1.807) is 0 Å². The van der Waals surface area contributed by atoms with Gasteiger partial charge in [-0.05, 0) is 109 Å². The molecule has 0 spiro atoms. The SMILES string of the molecule is CC/C=C\C/C=C\C/C=C\C/C=C\C/C=C\C/C=C\C/C=C\C/C=C\CCCCCCCCCCCCCCC(=O)OC(COC(=O)CCCCCCCCCCCCCCCCCCC/C=C\C/C=C\CCCCCCC)COP(=O)(O)OCCN. The summed E-state index contributed by atoms with van der Waals surface area (Å²) in [5.74, 6) is -0.824. The number of carbonyl (C=O) groups excluding carboxylic acids is 2. The van der Waals surface area contributed by atoms with E-state index in [1.165, 1.54) is 193 Å². The minimum absolute atomic E-state index is 0.0496. The van der Waals surface area contributed by atoms with E-state index in [0.29, 0.717) is 6.42 Å². The number of nitrogens with two attached hydrogens (primary N) is 1. The summed E-state index contributed by atoms with van der Waals surface area (Å²) in [5, 5.41) is 0. The average Bonchev–Trinajstić information content (AvgIpc) is 3.65. The normalized spacial score (nSPS) is 13.7. The average molecular weight is 1230 g/mol. The molecule has 10 heteroatoms. The van der Waals surface area contributed by atoms with Gasteiger partial charge in [0.05, 0.1) is 13.2 Å². The first-order chi connectivity index (χ1) is 42.8. The monoisotopic (exact) mass is 1230 g/mol. The van der Waals surface area contributed by atoms with E-state index in [0.717, 1.165) is 96.3 Å². The van der Waals surface area contributed by atoms with Gasteiger partial charge in [-0.25, -0.2) is 4.57 Å². The smallest absolute Gasteiger partial charge is 0.462 e. The molecular formula is C77H134NO8P. The molecule has 0 rings (SSSR count). The van der Waals surface area contributed by atoms with Gasteiger partial charge in [-0.15, -0.1) is 0 Å². The molecule has 0 fully saturated rings. The van der Waals surface area contributed by atoms with Crippen molar-refractivity contribution in [1.29, 1.82) is 0 Å². The van der Waals surface area contributed by atoms with Crippen molar-refractivity contribution < 1.29 is 37.6 Å². The summed E-state index contributed by atoms with van der Waals surface area (Å²) >= 11 is 0. The first kappa shape index (κ1) is 83.4. The minimum atomic E-state index is -4.40. The summed E-state index contributed by atoms with van der Waals surface area (Å²) in [6.07, 6.45) is 100. The van der Waals surface area contributed by atoms with E-state index in [9.17, 15) is 19.0 Å². The molecule has 87 heavy (non-hydrogen) atoms. The van der Waals surface area contributed by atoms with Crippen LogP contribution in [0.25, 0.3) is 0 Å². The van der Waals surface area contributed by atoms with Crippen molar-refractivity contribution in [2.24, 2.45) is 5.73 Å². The van der Waals surface area contributed by atoms with Gasteiger partial charge in [-0.2, -0.15) is 0 Å². The van der Waals surface area contributed by atoms with E-state index in [2.05, 4.69) is 135 Å². The van der Waals surface area contributed by atoms with Crippen molar-refractivity contribution in [3.8, 4) is 0 Å². The lowest BCUT2D eigenvalue weighted by molar-refractivity contribution is -0.161. The number of ether oxygens (including phenoxy) is 2. The second-order valence-corrected chi connectivity index (χ2v) is 25.2. The van der Waals surface area contributed by atoms with Crippen LogP contribution < -0.4 is 5.73 Å². The molecule has 0 radical (unpaired) electrons. The predicted molar refractivity (Wildman–Crippen MR) is 376 cm³/mol. The Kier molecular flexibility index (Phi) is 68.5. The first-order valence-corrected chi connectivity index (χ1v) is 37.5. The molecule has 0 aromatic heterocycles. The number of hydrogen-bond acceptors (Lipinski definition) is 8. The van der Waals surface area contributed by atoms with Crippen molar-refractivity contribution in [2.75, 3.05) is 26.4 Å². The van der Waals surface area contributed by atoms with Crippen LogP contribution in [-0.2, 0) is 32.7 Å². The highest BCUT2D eigenvalue weighted by molar-refractivity contribution is 7.47. The van der Waals surface area contributed by atoms with Crippen molar-refractivity contribution in [3.63, 3.8) is 0 Å². The number of esters is 2. The molecule has 0 saturated heterocycles. The highest BCUT2D eigenvalue weighted by atomic mass is 31.2. The predicted octanol–water partition coefficient (Wildman–Crippen LogP) is 23.9. The fourth-order valence-corrected chi connectivity index (χ4v) is 10.8. The molecule has 0 bridgehead atoms. The molecule has 0 aromatic carbocycles. The highest BCUT2D eigenvalue weighted by Crippen LogP contribution is 2.43. The van der Waals surface area contributed by atoms with Gasteiger partial charge in [0, 0.05) is 19.4 Å².